The molecule has 0 unspecified atom stereocenters. The summed E-state index contributed by atoms with van der Waals surface area (Å²) in [6.45, 7) is 0. The van der Waals surface area contributed by atoms with Crippen LogP contribution < -0.4 is 5.73 Å². The molecule has 2 aromatic rings. The topological polar surface area (TPSA) is 73.0 Å². The minimum Gasteiger partial charge on any atom is -0.399 e. The Labute approximate surface area is 114 Å². The summed E-state index contributed by atoms with van der Waals surface area (Å²) < 4.78 is 23.3. The summed E-state index contributed by atoms with van der Waals surface area (Å²) in [5.41, 5.74) is 7.84. The third kappa shape index (κ3) is 2.88. The van der Waals surface area contributed by atoms with Crippen LogP contribution in [0.4, 0.5) is 5.69 Å². The molecule has 0 spiro atoms. The lowest BCUT2D eigenvalue weighted by molar-refractivity contribution is 0.602. The summed E-state index contributed by atoms with van der Waals surface area (Å²) >= 11 is 3.27. The van der Waals surface area contributed by atoms with Crippen molar-refractivity contribution in [2.75, 3.05) is 12.0 Å². The van der Waals surface area contributed by atoms with Crippen molar-refractivity contribution in [2.45, 2.75) is 4.90 Å². The predicted molar refractivity (Wildman–Crippen MR) is 74.9 cm³/mol. The summed E-state index contributed by atoms with van der Waals surface area (Å²) in [6, 6.07) is 9.98. The van der Waals surface area contributed by atoms with Gasteiger partial charge in [-0.05, 0) is 40.2 Å². The van der Waals surface area contributed by atoms with E-state index in [1.54, 1.807) is 36.4 Å². The maximum Gasteiger partial charge on any atom is 0.175 e. The van der Waals surface area contributed by atoms with Crippen LogP contribution >= 0.6 is 15.9 Å². The molecule has 0 radical (unpaired) electrons. The molecule has 2 rings (SSSR count). The summed E-state index contributed by atoms with van der Waals surface area (Å²) in [5, 5.41) is 0. The van der Waals surface area contributed by atoms with E-state index in [1.165, 1.54) is 6.26 Å². The Balaban J connectivity index is 2.46. The first-order valence-electron chi connectivity index (χ1n) is 5.10. The van der Waals surface area contributed by atoms with Crippen molar-refractivity contribution in [1.29, 1.82) is 0 Å². The fraction of sp³-hybridized carbons (Fsp3) is 0.0833. The van der Waals surface area contributed by atoms with Crippen molar-refractivity contribution in [1.82, 2.24) is 4.98 Å². The van der Waals surface area contributed by atoms with E-state index in [4.69, 9.17) is 5.73 Å². The van der Waals surface area contributed by atoms with Crippen molar-refractivity contribution < 1.29 is 8.42 Å². The number of hydrogen-bond acceptors (Lipinski definition) is 4. The Kier molecular flexibility index (Phi) is 3.41. The fourth-order valence-corrected chi connectivity index (χ4v) is 2.62. The Hall–Kier alpha value is -1.40. The number of halogens is 1. The number of nitrogen functional groups attached to an aromatic ring is 1. The number of anilines is 1. The molecule has 18 heavy (non-hydrogen) atoms. The predicted octanol–water partition coefficient (Wildman–Crippen LogP) is 2.50. The smallest absolute Gasteiger partial charge is 0.175 e. The van der Waals surface area contributed by atoms with E-state index >= 15 is 0 Å². The average molecular weight is 327 g/mol. The largest absolute Gasteiger partial charge is 0.399 e. The maximum absolute atomic E-state index is 11.3. The highest BCUT2D eigenvalue weighted by atomic mass is 79.9. The van der Waals surface area contributed by atoms with E-state index in [-0.39, 0.29) is 4.90 Å². The molecule has 1 heterocycles. The quantitative estimate of drug-likeness (QED) is 0.860. The maximum atomic E-state index is 11.3. The van der Waals surface area contributed by atoms with Gasteiger partial charge in [0, 0.05) is 17.5 Å². The van der Waals surface area contributed by atoms with Crippen LogP contribution in [-0.4, -0.2) is 19.7 Å². The molecule has 1 aromatic heterocycles. The highest BCUT2D eigenvalue weighted by Gasteiger charge is 2.08. The highest BCUT2D eigenvalue weighted by molar-refractivity contribution is 9.10. The van der Waals surface area contributed by atoms with Crippen molar-refractivity contribution in [3.05, 3.63) is 41.0 Å². The van der Waals surface area contributed by atoms with Crippen LogP contribution in [0.1, 0.15) is 0 Å². The lowest BCUT2D eigenvalue weighted by atomic mass is 10.1. The molecular weight excluding hydrogens is 316 g/mol. The molecule has 0 atom stereocenters. The Morgan fingerprint density at radius 3 is 2.28 bits per heavy atom. The summed E-state index contributed by atoms with van der Waals surface area (Å²) in [5.74, 6) is 0. The van der Waals surface area contributed by atoms with Gasteiger partial charge in [0.2, 0.25) is 0 Å². The van der Waals surface area contributed by atoms with Gasteiger partial charge in [0.05, 0.1) is 10.6 Å². The van der Waals surface area contributed by atoms with Crippen molar-refractivity contribution in [3.8, 4) is 11.3 Å². The molecule has 0 amide bonds. The molecule has 94 valence electrons. The first-order chi connectivity index (χ1) is 8.36. The fourth-order valence-electron chi connectivity index (χ4n) is 1.54. The minimum atomic E-state index is -3.17. The van der Waals surface area contributed by atoms with Crippen molar-refractivity contribution in [3.63, 3.8) is 0 Å². The lowest BCUT2D eigenvalue weighted by Crippen LogP contribution is -1.96. The van der Waals surface area contributed by atoms with Crippen LogP contribution in [0.15, 0.2) is 45.9 Å². The van der Waals surface area contributed by atoms with Gasteiger partial charge in [0.25, 0.3) is 0 Å². The molecule has 4 nitrogen and oxygen atoms in total. The zero-order chi connectivity index (χ0) is 13.3. The number of pyridine rings is 1. The van der Waals surface area contributed by atoms with Gasteiger partial charge in [-0.25, -0.2) is 13.4 Å². The third-order valence-electron chi connectivity index (χ3n) is 2.39. The zero-order valence-corrected chi connectivity index (χ0v) is 12.0. The summed E-state index contributed by atoms with van der Waals surface area (Å²) in [4.78, 5) is 4.57. The van der Waals surface area contributed by atoms with Crippen LogP contribution in [0.2, 0.25) is 0 Å². The molecule has 0 aliphatic heterocycles. The van der Waals surface area contributed by atoms with Crippen LogP contribution in [0, 0.1) is 0 Å². The summed E-state index contributed by atoms with van der Waals surface area (Å²) in [7, 11) is -3.17. The van der Waals surface area contributed by atoms with E-state index in [0.29, 0.717) is 16.0 Å². The molecular formula is C12H11BrN2O2S. The van der Waals surface area contributed by atoms with Gasteiger partial charge in [-0.2, -0.15) is 0 Å². The van der Waals surface area contributed by atoms with Gasteiger partial charge in [-0.1, -0.05) is 12.1 Å². The van der Waals surface area contributed by atoms with E-state index in [0.717, 1.165) is 5.56 Å². The molecule has 0 saturated heterocycles. The second-order valence-corrected chi connectivity index (χ2v) is 6.73. The number of rotatable bonds is 2. The molecule has 2 N–H and O–H groups in total. The van der Waals surface area contributed by atoms with Crippen LogP contribution in [0.5, 0.6) is 0 Å². The Morgan fingerprint density at radius 2 is 1.78 bits per heavy atom. The van der Waals surface area contributed by atoms with Gasteiger partial charge in [-0.3, -0.25) is 0 Å². The Bertz CT molecular complexity index is 661. The molecule has 6 heteroatoms. The summed E-state index contributed by atoms with van der Waals surface area (Å²) in [6.07, 6.45) is 1.18. The van der Waals surface area contributed by atoms with Gasteiger partial charge < -0.3 is 5.73 Å². The van der Waals surface area contributed by atoms with Crippen LogP contribution in [0.3, 0.4) is 0 Å². The number of benzene rings is 1. The van der Waals surface area contributed by atoms with E-state index in [9.17, 15) is 8.42 Å². The average Bonchev–Trinajstić information content (AvgIpc) is 2.27. The molecule has 0 bridgehead atoms. The third-order valence-corrected chi connectivity index (χ3v) is 3.93. The van der Waals surface area contributed by atoms with Gasteiger partial charge in [-0.15, -0.1) is 0 Å². The number of sulfone groups is 1. The second-order valence-electron chi connectivity index (χ2n) is 3.90. The molecule has 0 fully saturated rings. The number of nitrogens with zero attached hydrogens (tertiary/aromatic N) is 1. The van der Waals surface area contributed by atoms with E-state index < -0.39 is 9.84 Å². The van der Waals surface area contributed by atoms with E-state index in [2.05, 4.69) is 20.9 Å². The molecule has 1 aromatic carbocycles. The van der Waals surface area contributed by atoms with E-state index in [1.807, 2.05) is 0 Å². The second kappa shape index (κ2) is 4.70. The number of nitrogens with two attached hydrogens (primary N) is 1. The van der Waals surface area contributed by atoms with Crippen molar-refractivity contribution in [2.24, 2.45) is 0 Å². The van der Waals surface area contributed by atoms with Gasteiger partial charge in [0.15, 0.2) is 9.84 Å². The van der Waals surface area contributed by atoms with Gasteiger partial charge in [0.1, 0.15) is 4.60 Å². The monoisotopic (exact) mass is 326 g/mol. The standard InChI is InChI=1S/C12H11BrN2O2S/c1-18(16,17)10-4-2-8(3-5-10)11-6-9(14)7-12(13)15-11/h2-7H,1H3,(H2,14,15). The lowest BCUT2D eigenvalue weighted by Gasteiger charge is -2.04. The first-order valence-corrected chi connectivity index (χ1v) is 7.78. The number of hydrogen-bond donors (Lipinski definition) is 1. The molecule has 0 saturated carbocycles. The molecule has 0 aliphatic carbocycles. The number of aromatic nitrogens is 1. The van der Waals surface area contributed by atoms with Gasteiger partial charge >= 0.3 is 0 Å². The molecule has 0 aliphatic rings. The SMILES string of the molecule is CS(=O)(=O)c1ccc(-c2cc(N)cc(Br)n2)cc1. The Morgan fingerprint density at radius 1 is 1.17 bits per heavy atom. The van der Waals surface area contributed by atoms with Crippen LogP contribution in [-0.2, 0) is 9.84 Å². The first kappa shape index (κ1) is 13.0. The minimum absolute atomic E-state index is 0.286. The normalized spacial score (nSPS) is 11.4. The van der Waals surface area contributed by atoms with Crippen molar-refractivity contribution >= 4 is 31.5 Å². The zero-order valence-electron chi connectivity index (χ0n) is 9.59. The van der Waals surface area contributed by atoms with Crippen LogP contribution in [0.25, 0.3) is 11.3 Å². The highest BCUT2D eigenvalue weighted by Crippen LogP contribution is 2.23.